The predicted molar refractivity (Wildman–Crippen MR) is 129 cm³/mol. The van der Waals surface area contributed by atoms with Gasteiger partial charge in [0.25, 0.3) is 5.91 Å². The Morgan fingerprint density at radius 1 is 0.971 bits per heavy atom. The summed E-state index contributed by atoms with van der Waals surface area (Å²) >= 11 is 0. The lowest BCUT2D eigenvalue weighted by Gasteiger charge is -2.11. The molecular formula is C26H27N5O3. The van der Waals surface area contributed by atoms with Crippen LogP contribution in [0.25, 0.3) is 22.2 Å². The van der Waals surface area contributed by atoms with Crippen LogP contribution in [-0.4, -0.2) is 26.9 Å². The summed E-state index contributed by atoms with van der Waals surface area (Å²) in [5, 5.41) is 4.62. The van der Waals surface area contributed by atoms with E-state index in [1.165, 1.54) is 0 Å². The summed E-state index contributed by atoms with van der Waals surface area (Å²) in [5.41, 5.74) is 8.93. The van der Waals surface area contributed by atoms with Gasteiger partial charge in [-0.3, -0.25) is 20.4 Å². The van der Waals surface area contributed by atoms with Gasteiger partial charge < -0.3 is 4.52 Å². The third kappa shape index (κ3) is 5.64. The molecule has 0 bridgehead atoms. The summed E-state index contributed by atoms with van der Waals surface area (Å²) in [5.74, 6) is 0.510. The maximum atomic E-state index is 13.0. The Balaban J connectivity index is 1.39. The van der Waals surface area contributed by atoms with Gasteiger partial charge >= 0.3 is 0 Å². The van der Waals surface area contributed by atoms with Crippen LogP contribution in [0.1, 0.15) is 53.8 Å². The summed E-state index contributed by atoms with van der Waals surface area (Å²) in [7, 11) is 0. The van der Waals surface area contributed by atoms with Crippen molar-refractivity contribution in [3.05, 3.63) is 77.4 Å². The van der Waals surface area contributed by atoms with Gasteiger partial charge in [0.2, 0.25) is 11.8 Å². The highest BCUT2D eigenvalue weighted by molar-refractivity contribution is 6.07. The standard InChI is InChI=1S/C26H27N5O3/c1-3-7-23-28-25(34-31-23)11-6-10-24(32)29-30-26(33)20-16-22(18-14-12-17(2)13-15-18)27-21-9-5-4-8-19(20)21/h4-5,8-9,12-16H,3,6-7,10-11H2,1-2H3,(H,29,32)(H,30,33). The van der Waals surface area contributed by atoms with Gasteiger partial charge in [-0.15, -0.1) is 0 Å². The van der Waals surface area contributed by atoms with Crippen LogP contribution in [0, 0.1) is 6.92 Å². The number of nitrogens with one attached hydrogen (secondary N) is 2. The van der Waals surface area contributed by atoms with E-state index in [2.05, 4.69) is 21.0 Å². The number of carbonyl (C=O) groups excluding carboxylic acids is 2. The van der Waals surface area contributed by atoms with E-state index in [4.69, 9.17) is 9.51 Å². The molecule has 0 saturated carbocycles. The zero-order chi connectivity index (χ0) is 23.9. The van der Waals surface area contributed by atoms with Gasteiger partial charge in [-0.1, -0.05) is 60.1 Å². The number of benzene rings is 2. The molecule has 0 radical (unpaired) electrons. The molecule has 2 N–H and O–H groups in total. The average molecular weight is 458 g/mol. The van der Waals surface area contributed by atoms with Gasteiger partial charge in [0.15, 0.2) is 5.82 Å². The molecule has 4 aromatic rings. The molecule has 0 spiro atoms. The molecule has 0 atom stereocenters. The number of hydrazine groups is 1. The molecule has 174 valence electrons. The van der Waals surface area contributed by atoms with Crippen LogP contribution in [0.2, 0.25) is 0 Å². The van der Waals surface area contributed by atoms with Gasteiger partial charge in [-0.25, -0.2) is 4.98 Å². The van der Waals surface area contributed by atoms with Crippen molar-refractivity contribution in [2.75, 3.05) is 0 Å². The summed E-state index contributed by atoms with van der Waals surface area (Å²) < 4.78 is 5.18. The van der Waals surface area contributed by atoms with Gasteiger partial charge in [0.1, 0.15) is 0 Å². The Morgan fingerprint density at radius 2 is 1.76 bits per heavy atom. The van der Waals surface area contributed by atoms with Crippen molar-refractivity contribution < 1.29 is 14.1 Å². The van der Waals surface area contributed by atoms with E-state index in [1.807, 2.05) is 62.4 Å². The van der Waals surface area contributed by atoms with E-state index < -0.39 is 5.91 Å². The lowest BCUT2D eigenvalue weighted by molar-refractivity contribution is -0.121. The highest BCUT2D eigenvalue weighted by Gasteiger charge is 2.15. The first-order chi connectivity index (χ1) is 16.5. The molecular weight excluding hydrogens is 430 g/mol. The van der Waals surface area contributed by atoms with Crippen LogP contribution in [0.4, 0.5) is 0 Å². The van der Waals surface area contributed by atoms with E-state index in [-0.39, 0.29) is 12.3 Å². The second-order valence-electron chi connectivity index (χ2n) is 8.15. The number of aromatic nitrogens is 3. The summed E-state index contributed by atoms with van der Waals surface area (Å²) in [6.07, 6.45) is 2.97. The Kier molecular flexibility index (Phi) is 7.27. The second-order valence-corrected chi connectivity index (χ2v) is 8.15. The van der Waals surface area contributed by atoms with Gasteiger partial charge in [0, 0.05) is 30.2 Å². The quantitative estimate of drug-likeness (QED) is 0.381. The molecule has 0 aliphatic carbocycles. The normalized spacial score (nSPS) is 10.9. The fraction of sp³-hybridized carbons (Fsp3) is 0.269. The highest BCUT2D eigenvalue weighted by Crippen LogP contribution is 2.25. The first-order valence-electron chi connectivity index (χ1n) is 11.4. The maximum absolute atomic E-state index is 13.0. The van der Waals surface area contributed by atoms with Crippen LogP contribution >= 0.6 is 0 Å². The van der Waals surface area contributed by atoms with Crippen molar-refractivity contribution in [3.8, 4) is 11.3 Å². The third-order valence-corrected chi connectivity index (χ3v) is 5.40. The molecule has 8 nitrogen and oxygen atoms in total. The van der Waals surface area contributed by atoms with Crippen LogP contribution in [-0.2, 0) is 17.6 Å². The molecule has 4 rings (SSSR count). The number of fused-ring (bicyclic) bond motifs is 1. The van der Waals surface area contributed by atoms with E-state index in [0.717, 1.165) is 24.0 Å². The average Bonchev–Trinajstić information content (AvgIpc) is 3.29. The highest BCUT2D eigenvalue weighted by atomic mass is 16.5. The Morgan fingerprint density at radius 3 is 2.56 bits per heavy atom. The zero-order valence-electron chi connectivity index (χ0n) is 19.3. The lowest BCUT2D eigenvalue weighted by Crippen LogP contribution is -2.41. The number of carbonyl (C=O) groups is 2. The van der Waals surface area contributed by atoms with E-state index >= 15 is 0 Å². The summed E-state index contributed by atoms with van der Waals surface area (Å²) in [6, 6.07) is 17.2. The van der Waals surface area contributed by atoms with Crippen molar-refractivity contribution in [1.82, 2.24) is 26.0 Å². The smallest absolute Gasteiger partial charge is 0.270 e. The Bertz CT molecular complexity index is 1300. The van der Waals surface area contributed by atoms with E-state index in [0.29, 0.717) is 46.7 Å². The maximum Gasteiger partial charge on any atom is 0.270 e. The molecule has 2 amide bonds. The molecule has 0 saturated heterocycles. The Labute approximate surface area is 197 Å². The lowest BCUT2D eigenvalue weighted by atomic mass is 10.0. The molecule has 0 aliphatic heterocycles. The number of nitrogens with zero attached hydrogens (tertiary/aromatic N) is 3. The molecule has 2 heterocycles. The van der Waals surface area contributed by atoms with E-state index in [1.54, 1.807) is 6.07 Å². The minimum absolute atomic E-state index is 0.220. The van der Waals surface area contributed by atoms with Crippen molar-refractivity contribution >= 4 is 22.7 Å². The van der Waals surface area contributed by atoms with Gasteiger partial charge in [-0.05, 0) is 31.9 Å². The molecule has 8 heteroatoms. The minimum Gasteiger partial charge on any atom is -0.339 e. The number of aryl methyl sites for hydroxylation is 3. The minimum atomic E-state index is -0.401. The number of para-hydroxylation sites is 1. The summed E-state index contributed by atoms with van der Waals surface area (Å²) in [6.45, 7) is 4.07. The first kappa shape index (κ1) is 23.1. The largest absolute Gasteiger partial charge is 0.339 e. The predicted octanol–water partition coefficient (Wildman–Crippen LogP) is 4.33. The monoisotopic (exact) mass is 457 g/mol. The molecule has 2 aromatic heterocycles. The molecule has 0 unspecified atom stereocenters. The van der Waals surface area contributed by atoms with Crippen molar-refractivity contribution in [2.24, 2.45) is 0 Å². The molecule has 34 heavy (non-hydrogen) atoms. The van der Waals surface area contributed by atoms with Crippen LogP contribution < -0.4 is 10.9 Å². The molecule has 0 aliphatic rings. The van der Waals surface area contributed by atoms with E-state index in [9.17, 15) is 9.59 Å². The van der Waals surface area contributed by atoms with Crippen LogP contribution in [0.15, 0.2) is 59.1 Å². The number of rotatable bonds is 8. The number of hydrogen-bond acceptors (Lipinski definition) is 6. The Hall–Kier alpha value is -4.07. The van der Waals surface area contributed by atoms with Crippen LogP contribution in [0.3, 0.4) is 0 Å². The molecule has 2 aromatic carbocycles. The first-order valence-corrected chi connectivity index (χ1v) is 11.4. The number of pyridine rings is 1. The topological polar surface area (TPSA) is 110 Å². The van der Waals surface area contributed by atoms with Gasteiger partial charge in [-0.2, -0.15) is 4.98 Å². The van der Waals surface area contributed by atoms with Crippen molar-refractivity contribution in [3.63, 3.8) is 0 Å². The zero-order valence-corrected chi connectivity index (χ0v) is 19.3. The molecule has 0 fully saturated rings. The van der Waals surface area contributed by atoms with Gasteiger partial charge in [0.05, 0.1) is 16.8 Å². The SMILES string of the molecule is CCCc1noc(CCCC(=O)NNC(=O)c2cc(-c3ccc(C)cc3)nc3ccccc23)n1. The van der Waals surface area contributed by atoms with Crippen LogP contribution in [0.5, 0.6) is 0 Å². The fourth-order valence-corrected chi connectivity index (χ4v) is 3.61. The third-order valence-electron chi connectivity index (χ3n) is 5.40. The van der Waals surface area contributed by atoms with Crippen molar-refractivity contribution in [2.45, 2.75) is 46.0 Å². The number of hydrogen-bond donors (Lipinski definition) is 2. The van der Waals surface area contributed by atoms with Crippen molar-refractivity contribution in [1.29, 1.82) is 0 Å². The second kappa shape index (κ2) is 10.7. The summed E-state index contributed by atoms with van der Waals surface area (Å²) in [4.78, 5) is 34.2. The fourth-order valence-electron chi connectivity index (χ4n) is 3.61. The number of amides is 2.